The molecule has 0 radical (unpaired) electrons. The summed E-state index contributed by atoms with van der Waals surface area (Å²) >= 11 is 0. The van der Waals surface area contributed by atoms with Crippen molar-refractivity contribution in [2.24, 2.45) is 11.5 Å². The van der Waals surface area contributed by atoms with E-state index < -0.39 is 71.6 Å². The third-order valence-corrected chi connectivity index (χ3v) is 0.167. The Morgan fingerprint density at radius 2 is 0.254 bits per heavy atom. The van der Waals surface area contributed by atoms with E-state index in [1.807, 2.05) is 0 Å². The molecule has 0 bridgehead atoms. The predicted molar refractivity (Wildman–Crippen MR) is 175 cm³/mol. The summed E-state index contributed by atoms with van der Waals surface area (Å²) in [5.74, 6) is -13.0. The first kappa shape index (κ1) is 131. The smallest absolute Gasteiger partial charge is 0.550 e. The molecule has 0 heterocycles. The minimum atomic E-state index is -1.08. The standard InChI is InChI=1S/C2H8N2.12C2H4O2.5Ca.2Na/c3-1-2-4;12*1-2(3)4;;;;;;;/h1-4H2;12*1H3,(H,3,4);;;;;;;/q;;;;;;;;;;;;;5*+2;2*+1/p-12. The second kappa shape index (κ2) is 131. The van der Waals surface area contributed by atoms with Crippen LogP contribution in [-0.4, -0.2) is 273 Å². The van der Waals surface area contributed by atoms with Gasteiger partial charge in [-0.3, -0.25) is 0 Å². The van der Waals surface area contributed by atoms with Crippen LogP contribution in [0.15, 0.2) is 0 Å². The van der Waals surface area contributed by atoms with Gasteiger partial charge in [0.25, 0.3) is 0 Å². The molecular formula is C26H44Ca5N2Na2O24. The van der Waals surface area contributed by atoms with Gasteiger partial charge in [-0.05, 0) is 83.1 Å². The van der Waals surface area contributed by atoms with Crippen molar-refractivity contribution in [1.29, 1.82) is 0 Å². The summed E-state index contributed by atoms with van der Waals surface area (Å²) in [4.78, 5) is 107. The van der Waals surface area contributed by atoms with Crippen LogP contribution in [0.2, 0.25) is 0 Å². The molecule has 0 rings (SSSR count). The molecule has 0 amide bonds. The largest absolute Gasteiger partial charge is 2.00 e. The van der Waals surface area contributed by atoms with Crippen LogP contribution in [-0.2, 0) is 57.5 Å². The van der Waals surface area contributed by atoms with Gasteiger partial charge in [0.05, 0.1) is 0 Å². The first-order valence-electron chi connectivity index (χ1n) is 12.2. The van der Waals surface area contributed by atoms with Gasteiger partial charge in [-0.2, -0.15) is 0 Å². The van der Waals surface area contributed by atoms with E-state index in [4.69, 9.17) is 130 Å². The molecule has 26 nitrogen and oxygen atoms in total. The van der Waals surface area contributed by atoms with Gasteiger partial charge >= 0.3 is 248 Å². The Morgan fingerprint density at radius 3 is 0.254 bits per heavy atom. The molecule has 0 atom stereocenters. The normalized spacial score (nSPS) is 5.59. The van der Waals surface area contributed by atoms with E-state index in [0.717, 1.165) is 83.1 Å². The van der Waals surface area contributed by atoms with Crippen LogP contribution in [0, 0.1) is 0 Å². The molecule has 0 spiro atoms. The third-order valence-electron chi connectivity index (χ3n) is 0.167. The van der Waals surface area contributed by atoms with Gasteiger partial charge in [0, 0.05) is 84.7 Å². The monoisotopic (exact) mass is 1010 g/mol. The van der Waals surface area contributed by atoms with Crippen LogP contribution in [0.3, 0.4) is 0 Å². The Hall–Kier alpha value is 1.86. The van der Waals surface area contributed by atoms with Crippen molar-refractivity contribution in [3.8, 4) is 0 Å². The number of hydrogen-bond donors (Lipinski definition) is 2. The number of hydrogen-bond acceptors (Lipinski definition) is 26. The zero-order chi connectivity index (χ0) is 46.3. The van der Waals surface area contributed by atoms with E-state index in [-0.39, 0.29) is 248 Å². The minimum absolute atomic E-state index is 0. The molecule has 0 aliphatic rings. The van der Waals surface area contributed by atoms with Gasteiger partial charge in [0.2, 0.25) is 0 Å². The summed E-state index contributed by atoms with van der Waals surface area (Å²) in [6.07, 6.45) is 0. The summed E-state index contributed by atoms with van der Waals surface area (Å²) < 4.78 is 0. The maximum Gasteiger partial charge on any atom is 2.00 e. The van der Waals surface area contributed by atoms with Crippen LogP contribution >= 0.6 is 0 Å². The van der Waals surface area contributed by atoms with Crippen LogP contribution < -0.4 is 132 Å². The fourth-order valence-corrected chi connectivity index (χ4v) is 0. The molecule has 314 valence electrons. The van der Waals surface area contributed by atoms with Crippen molar-refractivity contribution in [3.63, 3.8) is 0 Å². The quantitative estimate of drug-likeness (QED) is 0.230. The average Bonchev–Trinajstić information content (AvgIpc) is 2.74. The van der Waals surface area contributed by atoms with E-state index in [0.29, 0.717) is 13.1 Å². The SMILES string of the molecule is CC(=O)[O-].CC(=O)[O-].CC(=O)[O-].CC(=O)[O-].CC(=O)[O-].CC(=O)[O-].CC(=O)[O-].CC(=O)[O-].CC(=O)[O-].CC(=O)[O-].CC(=O)[O-].CC(=O)[O-].NCCN.[Ca+2].[Ca+2].[Ca+2].[Ca+2].[Ca+2].[Na+].[Na+]. The predicted octanol–water partition coefficient (Wildman–Crippen LogP) is -23.9. The van der Waals surface area contributed by atoms with Crippen molar-refractivity contribution in [1.82, 2.24) is 0 Å². The Labute approximate surface area is 535 Å². The van der Waals surface area contributed by atoms with Crippen LogP contribution in [0.1, 0.15) is 83.1 Å². The van der Waals surface area contributed by atoms with Gasteiger partial charge in [-0.1, -0.05) is 0 Å². The van der Waals surface area contributed by atoms with Crippen LogP contribution in [0.25, 0.3) is 0 Å². The number of aliphatic carboxylic acids is 12. The first-order valence-corrected chi connectivity index (χ1v) is 12.2. The molecule has 4 N–H and O–H groups in total. The molecule has 0 saturated carbocycles. The summed E-state index contributed by atoms with van der Waals surface area (Å²) in [6, 6.07) is 0. The first-order chi connectivity index (χ1) is 22.7. The zero-order valence-electron chi connectivity index (χ0n) is 35.9. The molecule has 0 aromatic rings. The second-order valence-corrected chi connectivity index (χ2v) is 6.48. The average molecular weight is 1010 g/mol. The topological polar surface area (TPSA) is 534 Å². The maximum absolute atomic E-state index is 8.89. The summed E-state index contributed by atoms with van der Waals surface area (Å²) in [7, 11) is 0. The number of rotatable bonds is 1. The van der Waals surface area contributed by atoms with E-state index in [9.17, 15) is 0 Å². The summed E-state index contributed by atoms with van der Waals surface area (Å²) in [5, 5.41) is 107. The second-order valence-electron chi connectivity index (χ2n) is 6.48. The van der Waals surface area contributed by atoms with Gasteiger partial charge in [-0.15, -0.1) is 0 Å². The zero-order valence-corrected chi connectivity index (χ0v) is 50.9. The van der Waals surface area contributed by atoms with Crippen molar-refractivity contribution in [3.05, 3.63) is 0 Å². The van der Waals surface area contributed by atoms with Gasteiger partial charge in [0.15, 0.2) is 0 Å². The van der Waals surface area contributed by atoms with Gasteiger partial charge in [0.1, 0.15) is 0 Å². The molecule has 33 heteroatoms. The molecule has 0 aromatic carbocycles. The number of carbonyl (C=O) groups excluding carboxylic acids is 12. The fraction of sp³-hybridized carbons (Fsp3) is 0.538. The molecule has 0 unspecified atom stereocenters. The van der Waals surface area contributed by atoms with Crippen molar-refractivity contribution in [2.45, 2.75) is 83.1 Å². The Bertz CT molecular complexity index is 662. The number of carboxylic acids is 12. The summed E-state index contributed by atoms with van der Waals surface area (Å²) in [5.41, 5.74) is 9.81. The third kappa shape index (κ3) is 24500. The summed E-state index contributed by atoms with van der Waals surface area (Å²) in [6.45, 7) is 12.9. The fourth-order valence-electron chi connectivity index (χ4n) is 0. The Balaban J connectivity index is -0.0000000154. The van der Waals surface area contributed by atoms with Gasteiger partial charge < -0.3 is 130 Å². The maximum atomic E-state index is 8.89. The van der Waals surface area contributed by atoms with E-state index in [2.05, 4.69) is 0 Å². The van der Waals surface area contributed by atoms with E-state index >= 15 is 0 Å². The molecule has 0 saturated heterocycles. The Morgan fingerprint density at radius 1 is 0.237 bits per heavy atom. The van der Waals surface area contributed by atoms with Crippen molar-refractivity contribution < 1.29 is 178 Å². The molecule has 59 heavy (non-hydrogen) atoms. The minimum Gasteiger partial charge on any atom is -0.550 e. The van der Waals surface area contributed by atoms with E-state index in [1.54, 1.807) is 0 Å². The molecule has 0 fully saturated rings. The number of carbonyl (C=O) groups is 12. The Kier molecular flexibility index (Phi) is 289. The van der Waals surface area contributed by atoms with Crippen LogP contribution in [0.4, 0.5) is 0 Å². The van der Waals surface area contributed by atoms with Crippen molar-refractivity contribution >= 4 is 260 Å². The van der Waals surface area contributed by atoms with E-state index in [1.165, 1.54) is 0 Å². The van der Waals surface area contributed by atoms with Crippen molar-refractivity contribution in [2.75, 3.05) is 13.1 Å². The van der Waals surface area contributed by atoms with Gasteiger partial charge in [-0.25, -0.2) is 0 Å². The van der Waals surface area contributed by atoms with Crippen LogP contribution in [0.5, 0.6) is 0 Å². The number of nitrogens with two attached hydrogens (primary N) is 2. The molecule has 0 aliphatic carbocycles. The number of carboxylic acid groups (broad SMARTS) is 12. The molecule has 0 aliphatic heterocycles. The molecule has 0 aromatic heterocycles. The molecular weight excluding hydrogens is 971 g/mol.